The second-order valence-corrected chi connectivity index (χ2v) is 6.99. The quantitative estimate of drug-likeness (QED) is 0.179. The first-order chi connectivity index (χ1) is 13.3. The summed E-state index contributed by atoms with van der Waals surface area (Å²) in [6.45, 7) is 2.56. The molecule has 0 aliphatic rings. The molecule has 0 atom stereocenters. The normalized spacial score (nSPS) is 11.4. The zero-order chi connectivity index (χ0) is 19.4. The molecule has 3 heteroatoms. The van der Waals surface area contributed by atoms with Gasteiger partial charge in [-0.25, -0.2) is 0 Å². The van der Waals surface area contributed by atoms with Gasteiger partial charge in [0.2, 0.25) is 0 Å². The standard InChI is InChI=1S/C24H37NO2/c1-2-3-4-5-6-7-8-9-10-11-12-13-14-15-16-19-24(26)27-22-23-18-17-20-25-21-23/h6-7,13-14,17-18,20-21H,2-5,8-12,15-16,19,22H2,1H3. The number of esters is 1. The molecule has 1 heterocycles. The van der Waals surface area contributed by atoms with Crippen molar-refractivity contribution in [1.82, 2.24) is 4.98 Å². The maximum Gasteiger partial charge on any atom is 0.306 e. The molecular weight excluding hydrogens is 334 g/mol. The molecule has 0 radical (unpaired) electrons. The Labute approximate surface area is 165 Å². The molecule has 1 aromatic heterocycles. The minimum absolute atomic E-state index is 0.130. The Morgan fingerprint density at radius 2 is 1.56 bits per heavy atom. The van der Waals surface area contributed by atoms with Gasteiger partial charge in [-0.05, 0) is 57.4 Å². The molecule has 0 saturated carbocycles. The molecule has 27 heavy (non-hydrogen) atoms. The van der Waals surface area contributed by atoms with Gasteiger partial charge in [0.05, 0.1) is 0 Å². The Morgan fingerprint density at radius 1 is 0.926 bits per heavy atom. The lowest BCUT2D eigenvalue weighted by molar-refractivity contribution is -0.145. The van der Waals surface area contributed by atoms with E-state index in [0.29, 0.717) is 13.0 Å². The Bertz CT molecular complexity index is 522. The molecule has 1 aromatic rings. The van der Waals surface area contributed by atoms with Crippen LogP contribution in [0.2, 0.25) is 0 Å². The van der Waals surface area contributed by atoms with Crippen molar-refractivity contribution in [2.24, 2.45) is 0 Å². The van der Waals surface area contributed by atoms with Crippen LogP contribution in [-0.2, 0) is 16.1 Å². The van der Waals surface area contributed by atoms with Gasteiger partial charge in [0.25, 0.3) is 0 Å². The highest BCUT2D eigenvalue weighted by molar-refractivity contribution is 5.69. The van der Waals surface area contributed by atoms with Crippen LogP contribution in [0.15, 0.2) is 48.8 Å². The fraction of sp³-hybridized carbons (Fsp3) is 0.583. The first kappa shape index (κ1) is 23.1. The Hall–Kier alpha value is -1.90. The van der Waals surface area contributed by atoms with Gasteiger partial charge in [0.15, 0.2) is 0 Å². The second-order valence-electron chi connectivity index (χ2n) is 6.99. The van der Waals surface area contributed by atoms with Crippen LogP contribution in [0.5, 0.6) is 0 Å². The van der Waals surface area contributed by atoms with E-state index in [9.17, 15) is 4.79 Å². The predicted octanol–water partition coefficient (Wildman–Crippen LogP) is 6.94. The molecule has 0 saturated heterocycles. The SMILES string of the molecule is CCCCCC=CCCCCCC=CCCCC(=O)OCc1cccnc1. The molecule has 0 aliphatic carbocycles. The van der Waals surface area contributed by atoms with Gasteiger partial charge in [0.1, 0.15) is 6.61 Å². The smallest absolute Gasteiger partial charge is 0.306 e. The number of rotatable bonds is 16. The van der Waals surface area contributed by atoms with Gasteiger partial charge in [-0.2, -0.15) is 0 Å². The van der Waals surface area contributed by atoms with Crippen LogP contribution in [0, 0.1) is 0 Å². The van der Waals surface area contributed by atoms with Gasteiger partial charge >= 0.3 is 5.97 Å². The maximum atomic E-state index is 11.7. The lowest BCUT2D eigenvalue weighted by Crippen LogP contribution is -2.04. The number of carbonyl (C=O) groups is 1. The lowest BCUT2D eigenvalue weighted by atomic mass is 10.1. The minimum Gasteiger partial charge on any atom is -0.461 e. The number of unbranched alkanes of at least 4 members (excludes halogenated alkanes) is 8. The van der Waals surface area contributed by atoms with Crippen LogP contribution in [-0.4, -0.2) is 11.0 Å². The summed E-state index contributed by atoms with van der Waals surface area (Å²) in [6, 6.07) is 3.76. The van der Waals surface area contributed by atoms with Crippen molar-refractivity contribution in [3.8, 4) is 0 Å². The van der Waals surface area contributed by atoms with Crippen molar-refractivity contribution in [3.05, 3.63) is 54.4 Å². The second kappa shape index (κ2) is 17.5. The summed E-state index contributed by atoms with van der Waals surface area (Å²) in [6.07, 6.45) is 26.3. The zero-order valence-corrected chi connectivity index (χ0v) is 17.1. The average Bonchev–Trinajstić information content (AvgIpc) is 2.70. The largest absolute Gasteiger partial charge is 0.461 e. The number of nitrogens with zero attached hydrogens (tertiary/aromatic N) is 1. The maximum absolute atomic E-state index is 11.7. The van der Waals surface area contributed by atoms with Crippen LogP contribution < -0.4 is 0 Å². The fourth-order valence-corrected chi connectivity index (χ4v) is 2.77. The van der Waals surface area contributed by atoms with E-state index in [1.54, 1.807) is 12.4 Å². The Kier molecular flexibility index (Phi) is 15.0. The molecule has 0 N–H and O–H groups in total. The van der Waals surface area contributed by atoms with E-state index in [4.69, 9.17) is 4.74 Å². The highest BCUT2D eigenvalue weighted by atomic mass is 16.5. The van der Waals surface area contributed by atoms with Crippen LogP contribution in [0.1, 0.15) is 89.5 Å². The molecule has 0 unspecified atom stereocenters. The zero-order valence-electron chi connectivity index (χ0n) is 17.1. The summed E-state index contributed by atoms with van der Waals surface area (Å²) >= 11 is 0. The molecule has 0 fully saturated rings. The van der Waals surface area contributed by atoms with E-state index < -0.39 is 0 Å². The highest BCUT2D eigenvalue weighted by Crippen LogP contribution is 2.07. The fourth-order valence-electron chi connectivity index (χ4n) is 2.77. The first-order valence-corrected chi connectivity index (χ1v) is 10.7. The monoisotopic (exact) mass is 371 g/mol. The van der Waals surface area contributed by atoms with E-state index in [1.807, 2.05) is 12.1 Å². The average molecular weight is 372 g/mol. The van der Waals surface area contributed by atoms with Crippen LogP contribution in [0.3, 0.4) is 0 Å². The van der Waals surface area contributed by atoms with Crippen molar-refractivity contribution in [3.63, 3.8) is 0 Å². The highest BCUT2D eigenvalue weighted by Gasteiger charge is 2.02. The van der Waals surface area contributed by atoms with Gasteiger partial charge in [-0.15, -0.1) is 0 Å². The Morgan fingerprint density at radius 3 is 2.15 bits per heavy atom. The number of aromatic nitrogens is 1. The van der Waals surface area contributed by atoms with E-state index in [0.717, 1.165) is 24.8 Å². The molecule has 0 aromatic carbocycles. The number of hydrogen-bond donors (Lipinski definition) is 0. The van der Waals surface area contributed by atoms with Gasteiger partial charge in [-0.1, -0.05) is 56.6 Å². The van der Waals surface area contributed by atoms with Gasteiger partial charge in [-0.3, -0.25) is 9.78 Å². The van der Waals surface area contributed by atoms with E-state index in [-0.39, 0.29) is 5.97 Å². The molecule has 0 spiro atoms. The lowest BCUT2D eigenvalue weighted by Gasteiger charge is -2.03. The Balaban J connectivity index is 1.86. The molecule has 0 amide bonds. The van der Waals surface area contributed by atoms with Crippen molar-refractivity contribution >= 4 is 5.97 Å². The predicted molar refractivity (Wildman–Crippen MR) is 113 cm³/mol. The van der Waals surface area contributed by atoms with Crippen molar-refractivity contribution < 1.29 is 9.53 Å². The molecule has 1 rings (SSSR count). The molecule has 3 nitrogen and oxygen atoms in total. The van der Waals surface area contributed by atoms with E-state index >= 15 is 0 Å². The molecule has 150 valence electrons. The minimum atomic E-state index is -0.130. The summed E-state index contributed by atoms with van der Waals surface area (Å²) in [7, 11) is 0. The van der Waals surface area contributed by atoms with Crippen LogP contribution >= 0.6 is 0 Å². The molecule has 0 bridgehead atoms. The van der Waals surface area contributed by atoms with Gasteiger partial charge in [0, 0.05) is 24.4 Å². The van der Waals surface area contributed by atoms with Crippen molar-refractivity contribution in [2.45, 2.75) is 90.6 Å². The summed E-state index contributed by atoms with van der Waals surface area (Å²) < 4.78 is 5.24. The van der Waals surface area contributed by atoms with E-state index in [2.05, 4.69) is 36.2 Å². The summed E-state index contributed by atoms with van der Waals surface area (Å²) in [5.74, 6) is -0.130. The number of allylic oxidation sites excluding steroid dienone is 4. The van der Waals surface area contributed by atoms with Crippen LogP contribution in [0.4, 0.5) is 0 Å². The number of carbonyl (C=O) groups excluding carboxylic acids is 1. The number of ether oxygens (including phenoxy) is 1. The number of pyridine rings is 1. The molecule has 0 aliphatic heterocycles. The third-order valence-electron chi connectivity index (χ3n) is 4.42. The van der Waals surface area contributed by atoms with Crippen molar-refractivity contribution in [2.75, 3.05) is 0 Å². The van der Waals surface area contributed by atoms with Gasteiger partial charge < -0.3 is 4.74 Å². The summed E-state index contributed by atoms with van der Waals surface area (Å²) in [5.41, 5.74) is 0.928. The summed E-state index contributed by atoms with van der Waals surface area (Å²) in [4.78, 5) is 15.7. The first-order valence-electron chi connectivity index (χ1n) is 10.7. The van der Waals surface area contributed by atoms with E-state index in [1.165, 1.54) is 51.4 Å². The van der Waals surface area contributed by atoms with Crippen molar-refractivity contribution in [1.29, 1.82) is 0 Å². The number of hydrogen-bond acceptors (Lipinski definition) is 3. The summed E-state index contributed by atoms with van der Waals surface area (Å²) in [5, 5.41) is 0. The third-order valence-corrected chi connectivity index (χ3v) is 4.42. The topological polar surface area (TPSA) is 39.2 Å². The molecular formula is C24H37NO2. The van der Waals surface area contributed by atoms with Crippen LogP contribution in [0.25, 0.3) is 0 Å². The third kappa shape index (κ3) is 14.9.